The van der Waals surface area contributed by atoms with Crippen molar-refractivity contribution < 1.29 is 4.79 Å². The zero-order valence-corrected chi connectivity index (χ0v) is 14.6. The number of hydrogen-bond acceptors (Lipinski definition) is 2. The van der Waals surface area contributed by atoms with Gasteiger partial charge in [0.05, 0.1) is 16.1 Å². The average Bonchev–Trinajstić information content (AvgIpc) is 2.45. The van der Waals surface area contributed by atoms with E-state index < -0.39 is 6.04 Å². The predicted octanol–water partition coefficient (Wildman–Crippen LogP) is 4.10. The maximum absolute atomic E-state index is 12.6. The van der Waals surface area contributed by atoms with Crippen molar-refractivity contribution in [2.75, 3.05) is 0 Å². The summed E-state index contributed by atoms with van der Waals surface area (Å²) < 4.78 is 0. The minimum atomic E-state index is -0.472. The molecule has 1 aromatic rings. The third-order valence-electron chi connectivity index (χ3n) is 3.79. The van der Waals surface area contributed by atoms with Gasteiger partial charge in [0.25, 0.3) is 0 Å². The molecule has 0 aliphatic rings. The van der Waals surface area contributed by atoms with Gasteiger partial charge in [-0.25, -0.2) is 0 Å². The van der Waals surface area contributed by atoms with Gasteiger partial charge in [0.2, 0.25) is 5.91 Å². The van der Waals surface area contributed by atoms with Crippen LogP contribution in [-0.2, 0) is 11.3 Å². The standard InChI is InChI=1S/C16H24Cl2N2O/c1-5-11(4)15(19)16(21)20(10(2)3)9-12-6-7-13(17)14(18)8-12/h6-8,10-11,15H,5,9,19H2,1-4H3/t11?,15-/m0/s1. The van der Waals surface area contributed by atoms with Gasteiger partial charge in [0.1, 0.15) is 0 Å². The van der Waals surface area contributed by atoms with E-state index in [0.717, 1.165) is 12.0 Å². The zero-order valence-electron chi connectivity index (χ0n) is 13.1. The van der Waals surface area contributed by atoms with Crippen molar-refractivity contribution in [3.05, 3.63) is 33.8 Å². The van der Waals surface area contributed by atoms with Crippen LogP contribution in [0.3, 0.4) is 0 Å². The van der Waals surface area contributed by atoms with Gasteiger partial charge in [-0.15, -0.1) is 0 Å². The van der Waals surface area contributed by atoms with Crippen LogP contribution < -0.4 is 5.73 Å². The summed E-state index contributed by atoms with van der Waals surface area (Å²) in [4.78, 5) is 14.4. The van der Waals surface area contributed by atoms with E-state index in [0.29, 0.717) is 16.6 Å². The molecule has 5 heteroatoms. The number of carbonyl (C=O) groups is 1. The number of amides is 1. The topological polar surface area (TPSA) is 46.3 Å². The van der Waals surface area contributed by atoms with Crippen LogP contribution in [0.4, 0.5) is 0 Å². The lowest BCUT2D eigenvalue weighted by molar-refractivity contribution is -0.136. The first-order valence-electron chi connectivity index (χ1n) is 7.27. The van der Waals surface area contributed by atoms with Gasteiger partial charge in [-0.05, 0) is 37.5 Å². The van der Waals surface area contributed by atoms with Crippen LogP contribution in [0.25, 0.3) is 0 Å². The predicted molar refractivity (Wildman–Crippen MR) is 89.6 cm³/mol. The van der Waals surface area contributed by atoms with Gasteiger partial charge >= 0.3 is 0 Å². The van der Waals surface area contributed by atoms with E-state index in [-0.39, 0.29) is 17.9 Å². The van der Waals surface area contributed by atoms with Gasteiger partial charge in [-0.1, -0.05) is 49.5 Å². The number of nitrogens with zero attached hydrogens (tertiary/aromatic N) is 1. The van der Waals surface area contributed by atoms with E-state index in [1.165, 1.54) is 0 Å². The maximum Gasteiger partial charge on any atom is 0.240 e. The summed E-state index contributed by atoms with van der Waals surface area (Å²) >= 11 is 12.0. The molecule has 21 heavy (non-hydrogen) atoms. The molecule has 0 saturated heterocycles. The molecule has 0 saturated carbocycles. The molecule has 0 aliphatic heterocycles. The molecule has 2 atom stereocenters. The number of hydrogen-bond donors (Lipinski definition) is 1. The lowest BCUT2D eigenvalue weighted by atomic mass is 9.98. The van der Waals surface area contributed by atoms with Gasteiger partial charge < -0.3 is 10.6 Å². The second kappa shape index (κ2) is 8.02. The number of carbonyl (C=O) groups excluding carboxylic acids is 1. The van der Waals surface area contributed by atoms with Crippen molar-refractivity contribution in [1.29, 1.82) is 0 Å². The molecular formula is C16H24Cl2N2O. The fraction of sp³-hybridized carbons (Fsp3) is 0.562. The van der Waals surface area contributed by atoms with Crippen LogP contribution in [0.2, 0.25) is 10.0 Å². The Labute approximate surface area is 137 Å². The fourth-order valence-electron chi connectivity index (χ4n) is 2.04. The van der Waals surface area contributed by atoms with Crippen molar-refractivity contribution in [2.24, 2.45) is 11.7 Å². The second-order valence-electron chi connectivity index (χ2n) is 5.72. The Kier molecular flexibility index (Phi) is 6.98. The fourth-order valence-corrected chi connectivity index (χ4v) is 2.36. The average molecular weight is 331 g/mol. The minimum Gasteiger partial charge on any atom is -0.335 e. The highest BCUT2D eigenvalue weighted by Crippen LogP contribution is 2.24. The summed E-state index contributed by atoms with van der Waals surface area (Å²) in [5, 5.41) is 1.01. The number of rotatable bonds is 6. The maximum atomic E-state index is 12.6. The smallest absolute Gasteiger partial charge is 0.240 e. The molecule has 1 aromatic carbocycles. The quantitative estimate of drug-likeness (QED) is 0.853. The first-order chi connectivity index (χ1) is 9.77. The lowest BCUT2D eigenvalue weighted by Gasteiger charge is -2.31. The first-order valence-corrected chi connectivity index (χ1v) is 8.03. The van der Waals surface area contributed by atoms with Crippen LogP contribution in [0, 0.1) is 5.92 Å². The van der Waals surface area contributed by atoms with Crippen LogP contribution in [0.1, 0.15) is 39.7 Å². The second-order valence-corrected chi connectivity index (χ2v) is 6.53. The molecule has 0 aromatic heterocycles. The largest absolute Gasteiger partial charge is 0.335 e. The third-order valence-corrected chi connectivity index (χ3v) is 4.52. The third kappa shape index (κ3) is 4.87. The number of nitrogens with two attached hydrogens (primary N) is 1. The molecular weight excluding hydrogens is 307 g/mol. The normalized spacial score (nSPS) is 14.1. The van der Waals surface area contributed by atoms with Crippen molar-refractivity contribution >= 4 is 29.1 Å². The molecule has 0 spiro atoms. The highest BCUT2D eigenvalue weighted by Gasteiger charge is 2.26. The summed E-state index contributed by atoms with van der Waals surface area (Å²) in [6.07, 6.45) is 0.881. The number of halogens is 2. The zero-order chi connectivity index (χ0) is 16.2. The molecule has 1 unspecified atom stereocenters. The van der Waals surface area contributed by atoms with E-state index in [4.69, 9.17) is 28.9 Å². The molecule has 1 rings (SSSR count). The van der Waals surface area contributed by atoms with E-state index in [1.807, 2.05) is 33.8 Å². The Morgan fingerprint density at radius 2 is 1.86 bits per heavy atom. The molecule has 3 nitrogen and oxygen atoms in total. The molecule has 0 radical (unpaired) electrons. The van der Waals surface area contributed by atoms with Crippen molar-refractivity contribution in [3.63, 3.8) is 0 Å². The Balaban J connectivity index is 2.91. The minimum absolute atomic E-state index is 0.0228. The lowest BCUT2D eigenvalue weighted by Crippen LogP contribution is -2.49. The Hall–Kier alpha value is -0.770. The highest BCUT2D eigenvalue weighted by atomic mass is 35.5. The van der Waals surface area contributed by atoms with Crippen LogP contribution in [0.5, 0.6) is 0 Å². The monoisotopic (exact) mass is 330 g/mol. The molecule has 0 bridgehead atoms. The van der Waals surface area contributed by atoms with Crippen molar-refractivity contribution in [1.82, 2.24) is 4.90 Å². The van der Waals surface area contributed by atoms with Crippen molar-refractivity contribution in [3.8, 4) is 0 Å². The van der Waals surface area contributed by atoms with Crippen molar-refractivity contribution in [2.45, 2.75) is 52.7 Å². The van der Waals surface area contributed by atoms with Gasteiger partial charge in [-0.2, -0.15) is 0 Å². The summed E-state index contributed by atoms with van der Waals surface area (Å²) in [5.74, 6) is 0.137. The molecule has 118 valence electrons. The van der Waals surface area contributed by atoms with Crippen LogP contribution >= 0.6 is 23.2 Å². The molecule has 0 heterocycles. The SMILES string of the molecule is CCC(C)[C@H](N)C(=O)N(Cc1ccc(Cl)c(Cl)c1)C(C)C. The van der Waals surface area contributed by atoms with Gasteiger partial charge in [0, 0.05) is 12.6 Å². The first kappa shape index (κ1) is 18.3. The van der Waals surface area contributed by atoms with E-state index in [2.05, 4.69) is 0 Å². The van der Waals surface area contributed by atoms with E-state index in [9.17, 15) is 4.79 Å². The van der Waals surface area contributed by atoms with Crippen LogP contribution in [-0.4, -0.2) is 22.9 Å². The summed E-state index contributed by atoms with van der Waals surface area (Å²) in [6, 6.07) is 5.02. The van der Waals surface area contributed by atoms with Gasteiger partial charge in [0.15, 0.2) is 0 Å². The molecule has 0 fully saturated rings. The Morgan fingerprint density at radius 1 is 1.24 bits per heavy atom. The molecule has 2 N–H and O–H groups in total. The van der Waals surface area contributed by atoms with Crippen LogP contribution in [0.15, 0.2) is 18.2 Å². The highest BCUT2D eigenvalue weighted by molar-refractivity contribution is 6.42. The van der Waals surface area contributed by atoms with E-state index in [1.54, 1.807) is 17.0 Å². The number of benzene rings is 1. The Bertz CT molecular complexity index is 491. The molecule has 0 aliphatic carbocycles. The van der Waals surface area contributed by atoms with E-state index >= 15 is 0 Å². The summed E-state index contributed by atoms with van der Waals surface area (Å²) in [6.45, 7) is 8.49. The molecule has 1 amide bonds. The Morgan fingerprint density at radius 3 is 2.33 bits per heavy atom. The summed E-state index contributed by atoms with van der Waals surface area (Å²) in [5.41, 5.74) is 7.03. The summed E-state index contributed by atoms with van der Waals surface area (Å²) in [7, 11) is 0. The van der Waals surface area contributed by atoms with Gasteiger partial charge in [-0.3, -0.25) is 4.79 Å².